The third kappa shape index (κ3) is 11.6. The van der Waals surface area contributed by atoms with E-state index in [-0.39, 0.29) is 47.6 Å². The highest BCUT2D eigenvalue weighted by Gasteiger charge is 2.26. The van der Waals surface area contributed by atoms with E-state index in [9.17, 15) is 39.0 Å². The molecule has 0 bridgehead atoms. The second-order valence-electron chi connectivity index (χ2n) is 10.9. The van der Waals surface area contributed by atoms with E-state index in [2.05, 4.69) is 21.3 Å². The fourth-order valence-electron chi connectivity index (χ4n) is 4.07. The lowest BCUT2D eigenvalue weighted by Crippen LogP contribution is -2.41. The van der Waals surface area contributed by atoms with Gasteiger partial charge in [0.15, 0.2) is 0 Å². The number of carbonyl (C=O) groups is 6. The lowest BCUT2D eigenvalue weighted by Gasteiger charge is -2.19. The molecule has 0 saturated heterocycles. The number of nitrogens with one attached hydrogen (secondary N) is 4. The summed E-state index contributed by atoms with van der Waals surface area (Å²) in [4.78, 5) is 74.4. The van der Waals surface area contributed by atoms with Crippen LogP contribution in [0.2, 0.25) is 0 Å². The molecule has 0 aliphatic heterocycles. The average molecular weight is 647 g/mol. The van der Waals surface area contributed by atoms with Gasteiger partial charge in [-0.1, -0.05) is 49.3 Å². The molecule has 238 valence electrons. The fraction of sp³-hybridized carbons (Fsp3) is 0.400. The molecule has 0 fully saturated rings. The van der Waals surface area contributed by atoms with E-state index < -0.39 is 35.8 Å². The Kier molecular flexibility index (Phi) is 13.7. The molecule has 12 nitrogen and oxygen atoms in total. The predicted molar refractivity (Wildman–Crippen MR) is 170 cm³/mol. The molecule has 44 heavy (non-hydrogen) atoms. The van der Waals surface area contributed by atoms with E-state index in [0.717, 1.165) is 21.6 Å². The van der Waals surface area contributed by atoms with Gasteiger partial charge in [0.05, 0.1) is 11.1 Å². The monoisotopic (exact) mass is 646 g/mol. The van der Waals surface area contributed by atoms with Crippen LogP contribution in [0.5, 0.6) is 0 Å². The van der Waals surface area contributed by atoms with Gasteiger partial charge in [0, 0.05) is 35.0 Å². The summed E-state index contributed by atoms with van der Waals surface area (Å²) in [6, 6.07) is 6.94. The number of carboxylic acid groups (broad SMARTS) is 2. The Morgan fingerprint density at radius 2 is 0.977 bits per heavy atom. The maximum absolute atomic E-state index is 13.3. The normalized spacial score (nSPS) is 12.3. The van der Waals surface area contributed by atoms with Crippen LogP contribution in [0, 0.1) is 11.8 Å². The van der Waals surface area contributed by atoms with E-state index >= 15 is 0 Å². The number of aliphatic carboxylic acids is 2. The lowest BCUT2D eigenvalue weighted by molar-refractivity contribution is -0.140. The average Bonchev–Trinajstić information content (AvgIpc) is 2.90. The summed E-state index contributed by atoms with van der Waals surface area (Å²) in [6.45, 7) is 9.98. The summed E-state index contributed by atoms with van der Waals surface area (Å²) in [6.07, 6.45) is 0.411. The topological polar surface area (TPSA) is 191 Å². The second kappa shape index (κ2) is 16.7. The van der Waals surface area contributed by atoms with Gasteiger partial charge in [0.2, 0.25) is 11.8 Å². The zero-order valence-corrected chi connectivity index (χ0v) is 27.0. The Labute approximate surface area is 263 Å². The first-order valence-corrected chi connectivity index (χ1v) is 16.0. The lowest BCUT2D eigenvalue weighted by atomic mass is 10.0. The van der Waals surface area contributed by atoms with Crippen LogP contribution >= 0.6 is 21.6 Å². The standard InChI is InChI=1S/C30H38N4O8S2/c1-15(2)11-23(29(39)40)33-27(37)21-13-19(31-17(5)35)7-9-25(21)43-44-26-10-8-20(32-18(6)36)14-22(26)28(38)34-24(30(41)42)12-16(3)4/h7-10,13-16,23-24H,11-12H2,1-6H3,(H,31,35)(H,32,36)(H,33,37)(H,34,38)(H,39,40)(H,41,42). The molecule has 0 saturated carbocycles. The van der Waals surface area contributed by atoms with E-state index in [1.165, 1.54) is 26.0 Å². The van der Waals surface area contributed by atoms with Crippen molar-refractivity contribution in [1.82, 2.24) is 10.6 Å². The molecule has 2 atom stereocenters. The Balaban J connectivity index is 2.47. The van der Waals surface area contributed by atoms with Crippen molar-refractivity contribution >= 4 is 68.5 Å². The summed E-state index contributed by atoms with van der Waals surface area (Å²) in [5.74, 6) is -4.41. The number of anilines is 2. The molecule has 0 aliphatic carbocycles. The van der Waals surface area contributed by atoms with Crippen molar-refractivity contribution in [2.75, 3.05) is 10.6 Å². The van der Waals surface area contributed by atoms with Gasteiger partial charge in [-0.25, -0.2) is 9.59 Å². The van der Waals surface area contributed by atoms with E-state index in [1.807, 2.05) is 27.7 Å². The molecule has 0 radical (unpaired) electrons. The molecule has 4 amide bonds. The molecular weight excluding hydrogens is 608 g/mol. The van der Waals surface area contributed by atoms with Crippen molar-refractivity contribution in [3.05, 3.63) is 47.5 Å². The van der Waals surface area contributed by atoms with Crippen LogP contribution in [0.25, 0.3) is 0 Å². The van der Waals surface area contributed by atoms with E-state index in [4.69, 9.17) is 0 Å². The number of hydrogen-bond donors (Lipinski definition) is 6. The smallest absolute Gasteiger partial charge is 0.326 e. The minimum atomic E-state index is -1.18. The van der Waals surface area contributed by atoms with Gasteiger partial charge in [-0.2, -0.15) is 0 Å². The van der Waals surface area contributed by atoms with E-state index in [0.29, 0.717) is 21.2 Å². The minimum absolute atomic E-state index is 0.00203. The Morgan fingerprint density at radius 1 is 0.636 bits per heavy atom. The summed E-state index contributed by atoms with van der Waals surface area (Å²) in [5, 5.41) is 29.6. The number of hydrogen-bond acceptors (Lipinski definition) is 8. The fourth-order valence-corrected chi connectivity index (χ4v) is 6.39. The molecule has 2 aromatic carbocycles. The number of amides is 4. The predicted octanol–water partition coefficient (Wildman–Crippen LogP) is 4.86. The Bertz CT molecular complexity index is 1310. The SMILES string of the molecule is CC(=O)Nc1ccc(SSc2ccc(NC(C)=O)cc2C(=O)NC(CC(C)C)C(=O)O)c(C(=O)NC(CC(C)C)C(=O)O)c1. The van der Waals surface area contributed by atoms with Gasteiger partial charge in [-0.15, -0.1) is 0 Å². The van der Waals surface area contributed by atoms with Gasteiger partial charge in [0.1, 0.15) is 12.1 Å². The van der Waals surface area contributed by atoms with Gasteiger partial charge >= 0.3 is 11.9 Å². The molecule has 0 aromatic heterocycles. The second-order valence-corrected chi connectivity index (χ2v) is 13.2. The summed E-state index contributed by atoms with van der Waals surface area (Å²) < 4.78 is 0. The molecule has 2 aromatic rings. The van der Waals surface area contributed by atoms with E-state index in [1.54, 1.807) is 24.3 Å². The molecule has 2 rings (SSSR count). The van der Waals surface area contributed by atoms with Crippen molar-refractivity contribution in [2.24, 2.45) is 11.8 Å². The summed E-state index contributed by atoms with van der Waals surface area (Å²) in [7, 11) is 2.21. The number of carbonyl (C=O) groups excluding carboxylic acids is 4. The summed E-state index contributed by atoms with van der Waals surface area (Å²) >= 11 is 0. The number of benzene rings is 2. The minimum Gasteiger partial charge on any atom is -0.480 e. The molecule has 0 heterocycles. The van der Waals surface area contributed by atoms with Crippen LogP contribution in [0.4, 0.5) is 11.4 Å². The Hall–Kier alpha value is -4.04. The molecule has 0 spiro atoms. The van der Waals surface area contributed by atoms with Crippen LogP contribution < -0.4 is 21.3 Å². The van der Waals surface area contributed by atoms with Crippen LogP contribution in [0.15, 0.2) is 46.2 Å². The highest BCUT2D eigenvalue weighted by Crippen LogP contribution is 2.42. The molecule has 0 aliphatic rings. The van der Waals surface area contributed by atoms with Gasteiger partial charge in [0.25, 0.3) is 11.8 Å². The van der Waals surface area contributed by atoms with Crippen LogP contribution in [0.3, 0.4) is 0 Å². The van der Waals surface area contributed by atoms with Gasteiger partial charge < -0.3 is 31.5 Å². The third-order valence-corrected chi connectivity index (χ3v) is 8.41. The molecular formula is C30H38N4O8S2. The Morgan fingerprint density at radius 3 is 1.25 bits per heavy atom. The first-order chi connectivity index (χ1) is 20.6. The zero-order chi connectivity index (χ0) is 33.1. The highest BCUT2D eigenvalue weighted by molar-refractivity contribution is 8.76. The third-order valence-electron chi connectivity index (χ3n) is 5.93. The van der Waals surface area contributed by atoms with Crippen LogP contribution in [-0.4, -0.2) is 57.9 Å². The van der Waals surface area contributed by atoms with Gasteiger partial charge in [-0.3, -0.25) is 19.2 Å². The van der Waals surface area contributed by atoms with Crippen LogP contribution in [0.1, 0.15) is 75.1 Å². The summed E-state index contributed by atoms with van der Waals surface area (Å²) in [5.41, 5.74) is 0.870. The molecule has 2 unspecified atom stereocenters. The maximum atomic E-state index is 13.3. The van der Waals surface area contributed by atoms with Crippen molar-refractivity contribution in [3.63, 3.8) is 0 Å². The van der Waals surface area contributed by atoms with Crippen molar-refractivity contribution in [1.29, 1.82) is 0 Å². The molecule has 14 heteroatoms. The highest BCUT2D eigenvalue weighted by atomic mass is 33.1. The van der Waals surface area contributed by atoms with Crippen molar-refractivity contribution < 1.29 is 39.0 Å². The number of carboxylic acids is 2. The largest absolute Gasteiger partial charge is 0.480 e. The van der Waals surface area contributed by atoms with Gasteiger partial charge in [-0.05, 0) is 61.1 Å². The number of rotatable bonds is 15. The maximum Gasteiger partial charge on any atom is 0.326 e. The first kappa shape index (κ1) is 36.2. The molecule has 6 N–H and O–H groups in total. The zero-order valence-electron chi connectivity index (χ0n) is 25.3. The quantitative estimate of drug-likeness (QED) is 0.146. The van der Waals surface area contributed by atoms with Crippen LogP contribution in [-0.2, 0) is 19.2 Å². The first-order valence-electron chi connectivity index (χ1n) is 13.8. The van der Waals surface area contributed by atoms with Crippen molar-refractivity contribution in [2.45, 2.75) is 76.3 Å². The van der Waals surface area contributed by atoms with Crippen molar-refractivity contribution in [3.8, 4) is 0 Å².